The number of carbonyl (C=O) groups excluding carboxylic acids is 4. The summed E-state index contributed by atoms with van der Waals surface area (Å²) < 4.78 is 33.9. The molecule has 0 atom stereocenters. The highest BCUT2D eigenvalue weighted by atomic mass is 16.6. The Hall–Kier alpha value is -6.68. The second-order valence-electron chi connectivity index (χ2n) is 16.6. The van der Waals surface area contributed by atoms with Crippen molar-refractivity contribution in [3.05, 3.63) is 149 Å². The maximum absolute atomic E-state index is 13.0. The van der Waals surface area contributed by atoms with Gasteiger partial charge in [-0.2, -0.15) is 0 Å². The molecule has 0 bridgehead atoms. The van der Waals surface area contributed by atoms with Gasteiger partial charge < -0.3 is 28.4 Å². The fourth-order valence-electron chi connectivity index (χ4n) is 7.11. The summed E-state index contributed by atoms with van der Waals surface area (Å²) >= 11 is 0. The normalized spacial score (nSPS) is 11.1. The lowest BCUT2D eigenvalue weighted by Crippen LogP contribution is -2.11. The lowest BCUT2D eigenvalue weighted by atomic mass is 10.1. The van der Waals surface area contributed by atoms with Gasteiger partial charge in [0.1, 0.15) is 34.5 Å². The van der Waals surface area contributed by atoms with Crippen LogP contribution in [-0.2, 0) is 4.79 Å². The van der Waals surface area contributed by atoms with Gasteiger partial charge in [-0.1, -0.05) is 122 Å². The molecule has 0 saturated carbocycles. The Morgan fingerprint density at radius 3 is 1.15 bits per heavy atom. The van der Waals surface area contributed by atoms with E-state index >= 15 is 0 Å². The number of esters is 4. The molecule has 0 aliphatic heterocycles. The van der Waals surface area contributed by atoms with E-state index in [-0.39, 0.29) is 34.1 Å². The van der Waals surface area contributed by atoms with Crippen molar-refractivity contribution in [2.24, 2.45) is 0 Å². The topological polar surface area (TPSA) is 124 Å². The van der Waals surface area contributed by atoms with Crippen LogP contribution < -0.4 is 28.4 Å². The molecule has 67 heavy (non-hydrogen) atoms. The molecule has 0 saturated heterocycles. The van der Waals surface area contributed by atoms with E-state index in [1.165, 1.54) is 138 Å². The van der Waals surface area contributed by atoms with Crippen LogP contribution in [0.5, 0.6) is 34.5 Å². The highest BCUT2D eigenvalue weighted by Crippen LogP contribution is 2.24. The summed E-state index contributed by atoms with van der Waals surface area (Å²) in [4.78, 5) is 51.6. The van der Waals surface area contributed by atoms with E-state index < -0.39 is 23.9 Å². The first-order valence-electron chi connectivity index (χ1n) is 24.0. The van der Waals surface area contributed by atoms with Crippen molar-refractivity contribution in [1.82, 2.24) is 0 Å². The first kappa shape index (κ1) is 51.3. The van der Waals surface area contributed by atoms with Gasteiger partial charge in [-0.3, -0.25) is 0 Å². The minimum absolute atomic E-state index is 0.153. The van der Waals surface area contributed by atoms with E-state index in [1.54, 1.807) is 55.5 Å². The summed E-state index contributed by atoms with van der Waals surface area (Å²) in [5.41, 5.74) is 2.05. The van der Waals surface area contributed by atoms with Crippen molar-refractivity contribution in [1.29, 1.82) is 0 Å². The molecular formula is C57H66O10. The van der Waals surface area contributed by atoms with E-state index in [4.69, 9.17) is 28.4 Å². The van der Waals surface area contributed by atoms with Crippen molar-refractivity contribution in [2.75, 3.05) is 13.2 Å². The zero-order valence-corrected chi connectivity index (χ0v) is 39.4. The Kier molecular flexibility index (Phi) is 22.3. The van der Waals surface area contributed by atoms with E-state index in [2.05, 4.69) is 13.8 Å². The third-order valence-electron chi connectivity index (χ3n) is 11.0. The number of hydrogen-bond acceptors (Lipinski definition) is 10. The van der Waals surface area contributed by atoms with Crippen molar-refractivity contribution in [2.45, 2.75) is 124 Å². The average molecular weight is 911 g/mol. The Balaban J connectivity index is 1.00. The summed E-state index contributed by atoms with van der Waals surface area (Å²) in [6.07, 6.45) is 21.6. The van der Waals surface area contributed by atoms with Gasteiger partial charge in [0.2, 0.25) is 0 Å². The van der Waals surface area contributed by atoms with Gasteiger partial charge in [0.25, 0.3) is 0 Å². The molecule has 5 aromatic carbocycles. The predicted octanol–water partition coefficient (Wildman–Crippen LogP) is 14.4. The lowest BCUT2D eigenvalue weighted by molar-refractivity contribution is -0.130. The molecule has 10 heteroatoms. The third-order valence-corrected chi connectivity index (χ3v) is 11.0. The number of ether oxygens (including phenoxy) is 6. The van der Waals surface area contributed by atoms with Crippen LogP contribution in [0.3, 0.4) is 0 Å². The molecule has 0 spiro atoms. The van der Waals surface area contributed by atoms with Crippen LogP contribution >= 0.6 is 0 Å². The number of unbranched alkanes of at least 4 members (excludes halogenated alkanes) is 14. The molecule has 5 rings (SSSR count). The summed E-state index contributed by atoms with van der Waals surface area (Å²) in [5, 5.41) is 0. The molecule has 0 amide bonds. The van der Waals surface area contributed by atoms with Gasteiger partial charge in [0.15, 0.2) is 0 Å². The highest BCUT2D eigenvalue weighted by Gasteiger charge is 2.15. The quantitative estimate of drug-likeness (QED) is 0.0198. The van der Waals surface area contributed by atoms with Gasteiger partial charge >= 0.3 is 23.9 Å². The summed E-state index contributed by atoms with van der Waals surface area (Å²) in [7, 11) is 0. The van der Waals surface area contributed by atoms with Crippen molar-refractivity contribution in [3.63, 3.8) is 0 Å². The van der Waals surface area contributed by atoms with E-state index in [0.29, 0.717) is 30.1 Å². The molecule has 0 heterocycles. The standard InChI is InChI=1S/C57H66O10/c1-4-6-8-10-12-13-14-15-17-19-40-63-49-33-25-45(26-34-49)55(59)65-51-37-29-47(30-38-51)57(61)67-53-22-20-21-52(42-53)66-56(60)46-27-35-50(36-28-46)64-54(58)43(3)41-44-23-31-48(32-24-44)62-39-18-16-11-9-7-5-2/h20-38,41-42H,4-19,39-40H2,1-3H3/b43-41+. The zero-order valence-electron chi connectivity index (χ0n) is 39.4. The Morgan fingerprint density at radius 1 is 0.388 bits per heavy atom. The fourth-order valence-corrected chi connectivity index (χ4v) is 7.11. The van der Waals surface area contributed by atoms with Crippen LogP contribution in [0, 0.1) is 0 Å². The van der Waals surface area contributed by atoms with Gasteiger partial charge in [-0.05, 0) is 128 Å². The molecule has 354 valence electrons. The lowest BCUT2D eigenvalue weighted by Gasteiger charge is -2.09. The molecule has 0 aromatic heterocycles. The van der Waals surface area contributed by atoms with Crippen LogP contribution in [0.1, 0.15) is 160 Å². The monoisotopic (exact) mass is 910 g/mol. The van der Waals surface area contributed by atoms with Crippen molar-refractivity contribution in [3.8, 4) is 34.5 Å². The molecule has 10 nitrogen and oxygen atoms in total. The average Bonchev–Trinajstić information content (AvgIpc) is 3.34. The molecule has 0 radical (unpaired) electrons. The Labute approximate surface area is 396 Å². The Morgan fingerprint density at radius 2 is 0.731 bits per heavy atom. The third kappa shape index (κ3) is 19.0. The summed E-state index contributed by atoms with van der Waals surface area (Å²) in [5.74, 6) is -0.0656. The van der Waals surface area contributed by atoms with E-state index in [9.17, 15) is 19.2 Å². The van der Waals surface area contributed by atoms with Crippen LogP contribution in [0.4, 0.5) is 0 Å². The Bertz CT molecular complexity index is 2300. The number of carbonyl (C=O) groups is 4. The predicted molar refractivity (Wildman–Crippen MR) is 263 cm³/mol. The minimum atomic E-state index is -0.661. The van der Waals surface area contributed by atoms with Crippen molar-refractivity contribution >= 4 is 30.0 Å². The number of benzene rings is 5. The molecule has 0 fully saturated rings. The van der Waals surface area contributed by atoms with E-state index in [1.807, 2.05) is 24.3 Å². The smallest absolute Gasteiger partial charge is 0.343 e. The van der Waals surface area contributed by atoms with Crippen LogP contribution in [0.25, 0.3) is 6.08 Å². The van der Waals surface area contributed by atoms with Gasteiger partial charge in [-0.25, -0.2) is 19.2 Å². The number of rotatable bonds is 29. The van der Waals surface area contributed by atoms with Crippen LogP contribution in [0.15, 0.2) is 127 Å². The maximum Gasteiger partial charge on any atom is 0.343 e. The summed E-state index contributed by atoms with van der Waals surface area (Å²) in [6.45, 7) is 7.45. The molecule has 0 aliphatic carbocycles. The van der Waals surface area contributed by atoms with Crippen LogP contribution in [-0.4, -0.2) is 37.1 Å². The van der Waals surface area contributed by atoms with E-state index in [0.717, 1.165) is 30.6 Å². The molecular weight excluding hydrogens is 845 g/mol. The molecule has 0 unspecified atom stereocenters. The second-order valence-corrected chi connectivity index (χ2v) is 16.6. The van der Waals surface area contributed by atoms with Gasteiger partial charge in [-0.15, -0.1) is 0 Å². The largest absolute Gasteiger partial charge is 0.494 e. The van der Waals surface area contributed by atoms with Crippen molar-refractivity contribution < 1.29 is 47.6 Å². The summed E-state index contributed by atoms with van der Waals surface area (Å²) in [6, 6.07) is 32.5. The van der Waals surface area contributed by atoms with Crippen LogP contribution in [0.2, 0.25) is 0 Å². The highest BCUT2D eigenvalue weighted by molar-refractivity contribution is 5.95. The molecule has 0 aliphatic rings. The second kappa shape index (κ2) is 29.1. The minimum Gasteiger partial charge on any atom is -0.494 e. The molecule has 5 aromatic rings. The first-order valence-corrected chi connectivity index (χ1v) is 24.0. The van der Waals surface area contributed by atoms with Gasteiger partial charge in [0.05, 0.1) is 29.9 Å². The number of hydrogen-bond donors (Lipinski definition) is 0. The molecule has 0 N–H and O–H groups in total. The fraction of sp³-hybridized carbons (Fsp3) is 0.368. The SMILES string of the molecule is CCCCCCCCCCCCOc1ccc(C(=O)Oc2ccc(C(=O)Oc3cccc(OC(=O)c4ccc(OC(=O)/C(C)=C/c5ccc(OCCCCCCCC)cc5)cc4)c3)cc2)cc1. The zero-order chi connectivity index (χ0) is 47.5. The van der Waals surface area contributed by atoms with Gasteiger partial charge in [0, 0.05) is 11.6 Å². The first-order chi connectivity index (χ1) is 32.7. The maximum atomic E-state index is 13.0.